The molecule has 0 saturated carbocycles. The van der Waals surface area contributed by atoms with Gasteiger partial charge in [0.2, 0.25) is 15.9 Å². The van der Waals surface area contributed by atoms with Crippen molar-refractivity contribution in [1.82, 2.24) is 19.1 Å². The lowest BCUT2D eigenvalue weighted by molar-refractivity contribution is 0.0373. The Labute approximate surface area is 185 Å². The summed E-state index contributed by atoms with van der Waals surface area (Å²) in [5, 5.41) is 9.69. The van der Waals surface area contributed by atoms with Gasteiger partial charge in [0.05, 0.1) is 32.0 Å². The number of carbonyl (C=O) groups is 1. The molecule has 0 saturated heterocycles. The fraction of sp³-hybridized carbons (Fsp3) is 0.619. The van der Waals surface area contributed by atoms with Gasteiger partial charge in [-0.15, -0.1) is 0 Å². The Bertz CT molecular complexity index is 954. The van der Waals surface area contributed by atoms with E-state index in [4.69, 9.17) is 4.74 Å². The second-order valence-electron chi connectivity index (χ2n) is 8.28. The number of aliphatic hydroxyl groups excluding tert-OH is 1. The number of likely N-dealkylation sites (N-methyl/N-ethyl adjacent to an activating group) is 1. The van der Waals surface area contributed by atoms with Crippen LogP contribution >= 0.6 is 0 Å². The van der Waals surface area contributed by atoms with Gasteiger partial charge in [-0.3, -0.25) is 9.69 Å². The summed E-state index contributed by atoms with van der Waals surface area (Å²) in [5.74, 6) is 5.64. The van der Waals surface area contributed by atoms with E-state index in [1.165, 1.54) is 17.5 Å². The summed E-state index contributed by atoms with van der Waals surface area (Å²) in [6, 6.07) is 1.22. The fourth-order valence-electron chi connectivity index (χ4n) is 3.08. The number of aliphatic hydroxyl groups is 1. The normalized spacial score (nSPS) is 20.4. The van der Waals surface area contributed by atoms with E-state index in [0.29, 0.717) is 18.7 Å². The Kier molecular flexibility index (Phi) is 8.42. The van der Waals surface area contributed by atoms with Crippen LogP contribution in [0.1, 0.15) is 29.8 Å². The highest BCUT2D eigenvalue weighted by atomic mass is 32.2. The molecule has 0 bridgehead atoms. The third-order valence-electron chi connectivity index (χ3n) is 5.15. The number of ether oxygens (including phenoxy) is 1. The zero-order valence-electron chi connectivity index (χ0n) is 19.0. The first-order valence-corrected chi connectivity index (χ1v) is 11.9. The Hall–Kier alpha value is -2.19. The molecule has 1 aromatic heterocycles. The van der Waals surface area contributed by atoms with Gasteiger partial charge in [-0.1, -0.05) is 18.8 Å². The number of rotatable bonds is 6. The van der Waals surface area contributed by atoms with Crippen molar-refractivity contribution in [2.24, 2.45) is 5.92 Å². The second-order valence-corrected chi connectivity index (χ2v) is 10.4. The lowest BCUT2D eigenvalue weighted by atomic mass is 10.0. The molecule has 1 aliphatic rings. The maximum Gasteiger partial charge on any atom is 0.259 e. The van der Waals surface area contributed by atoms with Crippen LogP contribution in [0, 0.1) is 17.8 Å². The average molecular weight is 453 g/mol. The smallest absolute Gasteiger partial charge is 0.259 e. The molecule has 3 atom stereocenters. The maximum atomic E-state index is 13.3. The molecule has 10 heteroatoms. The molecule has 0 spiro atoms. The molecule has 0 aliphatic carbocycles. The zero-order chi connectivity index (χ0) is 23.3. The van der Waals surface area contributed by atoms with E-state index in [-0.39, 0.29) is 36.4 Å². The molecule has 1 aliphatic heterocycles. The van der Waals surface area contributed by atoms with Crippen LogP contribution in [0.3, 0.4) is 0 Å². The molecular formula is C21H32N4O5S. The first kappa shape index (κ1) is 25.1. The molecule has 0 fully saturated rings. The molecule has 0 aromatic carbocycles. The Balaban J connectivity index is 2.48. The van der Waals surface area contributed by atoms with Gasteiger partial charge in [-0.05, 0) is 27.1 Å². The summed E-state index contributed by atoms with van der Waals surface area (Å²) in [6.07, 6.45) is 2.14. The summed E-state index contributed by atoms with van der Waals surface area (Å²) in [6.45, 7) is 4.43. The summed E-state index contributed by atoms with van der Waals surface area (Å²) < 4.78 is 31.1. The van der Waals surface area contributed by atoms with Gasteiger partial charge in [0, 0.05) is 31.3 Å². The quantitative estimate of drug-likeness (QED) is 0.611. The van der Waals surface area contributed by atoms with Crippen molar-refractivity contribution in [1.29, 1.82) is 0 Å². The van der Waals surface area contributed by atoms with Crippen LogP contribution in [-0.4, -0.2) is 104 Å². The minimum absolute atomic E-state index is 0.112. The van der Waals surface area contributed by atoms with Crippen LogP contribution in [0.15, 0.2) is 12.3 Å². The van der Waals surface area contributed by atoms with Crippen LogP contribution in [0.2, 0.25) is 0 Å². The van der Waals surface area contributed by atoms with E-state index in [2.05, 4.69) is 16.8 Å². The van der Waals surface area contributed by atoms with Gasteiger partial charge >= 0.3 is 0 Å². The van der Waals surface area contributed by atoms with Gasteiger partial charge in [-0.2, -0.15) is 0 Å². The largest absolute Gasteiger partial charge is 0.472 e. The number of hydrogen-bond acceptors (Lipinski definition) is 7. The summed E-state index contributed by atoms with van der Waals surface area (Å²) in [5.41, 5.74) is 0.823. The number of carbonyl (C=O) groups excluding carboxylic acids is 1. The third-order valence-corrected chi connectivity index (χ3v) is 6.43. The molecule has 1 N–H and O–H groups in total. The van der Waals surface area contributed by atoms with Gasteiger partial charge in [0.1, 0.15) is 11.7 Å². The topological polar surface area (TPSA) is 103 Å². The highest BCUT2D eigenvalue weighted by Crippen LogP contribution is 2.27. The minimum Gasteiger partial charge on any atom is -0.472 e. The van der Waals surface area contributed by atoms with Crippen molar-refractivity contribution < 1.29 is 23.1 Å². The highest BCUT2D eigenvalue weighted by molar-refractivity contribution is 7.88. The standard InChI is InChI=1S/C21H32N4O5S/c1-15-12-25(16(2)14-26)21(27)18-10-17(8-7-9-23(3)4)11-22-20(18)30-19(15)13-24(5)31(6,28)29/h10-11,15-16,19,26H,9,12-14H2,1-6H3/t15-,16-,19+/m0/s1. The first-order chi connectivity index (χ1) is 14.4. The van der Waals surface area contributed by atoms with E-state index in [0.717, 1.165) is 6.26 Å². The van der Waals surface area contributed by atoms with E-state index >= 15 is 0 Å². The van der Waals surface area contributed by atoms with Gasteiger partial charge < -0.3 is 14.7 Å². The lowest BCUT2D eigenvalue weighted by Crippen LogP contribution is -2.50. The Morgan fingerprint density at radius 1 is 1.39 bits per heavy atom. The van der Waals surface area contributed by atoms with E-state index in [1.54, 1.807) is 17.9 Å². The molecule has 1 aromatic rings. The predicted octanol–water partition coefficient (Wildman–Crippen LogP) is 0.106. The SMILES string of the molecule is C[C@H]1CN([C@@H](C)CO)C(=O)c2cc(C#CCN(C)C)cnc2O[C@@H]1CN(C)S(C)(=O)=O. The van der Waals surface area contributed by atoms with Crippen LogP contribution < -0.4 is 4.74 Å². The summed E-state index contributed by atoms with van der Waals surface area (Å²) in [4.78, 5) is 21.1. The number of sulfonamides is 1. The Morgan fingerprint density at radius 3 is 2.65 bits per heavy atom. The zero-order valence-corrected chi connectivity index (χ0v) is 19.8. The van der Waals surface area contributed by atoms with Crippen LogP contribution in [0.5, 0.6) is 5.88 Å². The Morgan fingerprint density at radius 2 is 2.06 bits per heavy atom. The van der Waals surface area contributed by atoms with Crippen molar-refractivity contribution in [3.05, 3.63) is 23.4 Å². The molecule has 31 heavy (non-hydrogen) atoms. The van der Waals surface area contributed by atoms with Gasteiger partial charge in [0.25, 0.3) is 5.91 Å². The minimum atomic E-state index is -3.40. The maximum absolute atomic E-state index is 13.3. The molecule has 1 amide bonds. The number of amides is 1. The fourth-order valence-corrected chi connectivity index (χ4v) is 3.49. The van der Waals surface area contributed by atoms with Crippen molar-refractivity contribution in [2.75, 3.05) is 53.6 Å². The number of nitrogens with zero attached hydrogens (tertiary/aromatic N) is 4. The number of aromatic nitrogens is 1. The highest BCUT2D eigenvalue weighted by Gasteiger charge is 2.35. The first-order valence-electron chi connectivity index (χ1n) is 10.1. The van der Waals surface area contributed by atoms with Crippen LogP contribution in [0.25, 0.3) is 0 Å². The molecule has 2 heterocycles. The molecule has 0 radical (unpaired) electrons. The molecule has 9 nitrogen and oxygen atoms in total. The predicted molar refractivity (Wildman–Crippen MR) is 118 cm³/mol. The van der Waals surface area contributed by atoms with Gasteiger partial charge in [-0.25, -0.2) is 17.7 Å². The monoisotopic (exact) mass is 452 g/mol. The molecule has 172 valence electrons. The number of pyridine rings is 1. The van der Waals surface area contributed by atoms with Crippen molar-refractivity contribution in [3.8, 4) is 17.7 Å². The van der Waals surface area contributed by atoms with E-state index in [9.17, 15) is 18.3 Å². The van der Waals surface area contributed by atoms with Gasteiger partial charge in [0.15, 0.2) is 0 Å². The average Bonchev–Trinajstić information content (AvgIpc) is 2.69. The van der Waals surface area contributed by atoms with Crippen molar-refractivity contribution in [2.45, 2.75) is 26.0 Å². The lowest BCUT2D eigenvalue weighted by Gasteiger charge is -2.37. The second kappa shape index (κ2) is 10.4. The van der Waals surface area contributed by atoms with E-state index < -0.39 is 22.2 Å². The van der Waals surface area contributed by atoms with Crippen LogP contribution in [0.4, 0.5) is 0 Å². The van der Waals surface area contributed by atoms with Crippen LogP contribution in [-0.2, 0) is 10.0 Å². The third kappa shape index (κ3) is 6.64. The molecule has 2 rings (SSSR count). The summed E-state index contributed by atoms with van der Waals surface area (Å²) in [7, 11) is 1.91. The molecule has 0 unspecified atom stereocenters. The number of fused-ring (bicyclic) bond motifs is 1. The molecular weight excluding hydrogens is 420 g/mol. The van der Waals surface area contributed by atoms with E-state index in [1.807, 2.05) is 25.9 Å². The number of hydrogen-bond donors (Lipinski definition) is 1. The van der Waals surface area contributed by atoms with Crippen molar-refractivity contribution >= 4 is 15.9 Å². The summed E-state index contributed by atoms with van der Waals surface area (Å²) >= 11 is 0. The van der Waals surface area contributed by atoms with Crippen molar-refractivity contribution in [3.63, 3.8) is 0 Å².